The van der Waals surface area contributed by atoms with Gasteiger partial charge in [-0.05, 0) is 0 Å². The summed E-state index contributed by atoms with van der Waals surface area (Å²) in [5.74, 6) is 0. The fourth-order valence-corrected chi connectivity index (χ4v) is 1.21. The molecular weight excluding hydrogens is 232 g/mol. The third kappa shape index (κ3) is 2.20. The molecule has 1 aliphatic rings. The predicted molar refractivity (Wildman–Crippen MR) is 36.0 cm³/mol. The van der Waals surface area contributed by atoms with E-state index in [1.165, 1.54) is 0 Å². The molecule has 0 aromatic carbocycles. The second-order valence-electron chi connectivity index (χ2n) is 2.94. The Kier molecular flexibility index (Phi) is 4.78. The summed E-state index contributed by atoms with van der Waals surface area (Å²) in [6.45, 7) is 0. The van der Waals surface area contributed by atoms with Crippen LogP contribution in [0.3, 0.4) is 0 Å². The molecule has 0 atom stereocenters. The zero-order chi connectivity index (χ0) is 9.46. The standard InChI is InChI=1S/C6H12O6.Cu/c7-1-2(8)4(10)6(12)5(11)3(1)9;/h1-12H;. The van der Waals surface area contributed by atoms with Crippen LogP contribution in [-0.2, 0) is 17.1 Å². The van der Waals surface area contributed by atoms with Crippen molar-refractivity contribution >= 4 is 0 Å². The predicted octanol–water partition coefficient (Wildman–Crippen LogP) is -3.84. The summed E-state index contributed by atoms with van der Waals surface area (Å²) in [6.07, 6.45) is -9.84. The van der Waals surface area contributed by atoms with Crippen LogP contribution >= 0.6 is 0 Å². The van der Waals surface area contributed by atoms with E-state index in [4.69, 9.17) is 30.6 Å². The van der Waals surface area contributed by atoms with Crippen molar-refractivity contribution in [1.29, 1.82) is 0 Å². The summed E-state index contributed by atoms with van der Waals surface area (Å²) in [6, 6.07) is 0. The number of aliphatic hydroxyl groups is 6. The van der Waals surface area contributed by atoms with Crippen LogP contribution in [0, 0.1) is 0 Å². The van der Waals surface area contributed by atoms with Crippen LogP contribution in [0.4, 0.5) is 0 Å². The average molecular weight is 244 g/mol. The SMILES string of the molecule is OC1C(O)C(O)C(O)C(O)C1O.[Cu]. The van der Waals surface area contributed by atoms with E-state index in [1.54, 1.807) is 0 Å². The van der Waals surface area contributed by atoms with E-state index in [2.05, 4.69) is 0 Å². The van der Waals surface area contributed by atoms with E-state index >= 15 is 0 Å². The summed E-state index contributed by atoms with van der Waals surface area (Å²) in [5.41, 5.74) is 0. The van der Waals surface area contributed by atoms with Crippen LogP contribution in [0.1, 0.15) is 0 Å². The van der Waals surface area contributed by atoms with Crippen molar-refractivity contribution in [2.75, 3.05) is 0 Å². The van der Waals surface area contributed by atoms with Crippen LogP contribution in [-0.4, -0.2) is 67.3 Å². The molecule has 1 fully saturated rings. The first-order chi connectivity index (χ1) is 5.46. The smallest absolute Gasteiger partial charge is 0.111 e. The Hall–Kier alpha value is 0.279. The van der Waals surface area contributed by atoms with Crippen molar-refractivity contribution in [2.24, 2.45) is 0 Å². The maximum Gasteiger partial charge on any atom is 0.111 e. The van der Waals surface area contributed by atoms with Crippen LogP contribution in [0.2, 0.25) is 0 Å². The molecule has 6 nitrogen and oxygen atoms in total. The first-order valence-corrected chi connectivity index (χ1v) is 3.55. The summed E-state index contributed by atoms with van der Waals surface area (Å²) >= 11 is 0. The maximum absolute atomic E-state index is 8.97. The number of rotatable bonds is 0. The Morgan fingerprint density at radius 2 is 0.462 bits per heavy atom. The largest absolute Gasteiger partial charge is 0.387 e. The molecule has 13 heavy (non-hydrogen) atoms. The van der Waals surface area contributed by atoms with Gasteiger partial charge in [0.25, 0.3) is 0 Å². The molecule has 0 aromatic rings. The minimum absolute atomic E-state index is 0. The number of hydrogen-bond donors (Lipinski definition) is 6. The molecule has 0 bridgehead atoms. The molecular formula is C6H12CuO6. The molecule has 0 aliphatic heterocycles. The Balaban J connectivity index is 0.00000144. The Labute approximate surface area is 84.9 Å². The molecule has 7 heteroatoms. The summed E-state index contributed by atoms with van der Waals surface area (Å²) < 4.78 is 0. The van der Waals surface area contributed by atoms with Gasteiger partial charge in [0.05, 0.1) is 0 Å². The zero-order valence-electron chi connectivity index (χ0n) is 6.45. The topological polar surface area (TPSA) is 121 Å². The zero-order valence-corrected chi connectivity index (χ0v) is 7.39. The normalized spacial score (nSPS) is 51.2. The van der Waals surface area contributed by atoms with Gasteiger partial charge in [-0.25, -0.2) is 0 Å². The molecule has 1 aliphatic carbocycles. The van der Waals surface area contributed by atoms with Gasteiger partial charge in [-0.3, -0.25) is 0 Å². The van der Waals surface area contributed by atoms with Crippen molar-refractivity contribution < 1.29 is 47.7 Å². The number of aliphatic hydroxyl groups excluding tert-OH is 6. The molecule has 83 valence electrons. The fourth-order valence-electron chi connectivity index (χ4n) is 1.21. The van der Waals surface area contributed by atoms with Crippen LogP contribution in [0.15, 0.2) is 0 Å². The minimum atomic E-state index is -1.64. The van der Waals surface area contributed by atoms with Crippen molar-refractivity contribution in [1.82, 2.24) is 0 Å². The van der Waals surface area contributed by atoms with E-state index in [-0.39, 0.29) is 17.1 Å². The first kappa shape index (κ1) is 13.3. The molecule has 1 saturated carbocycles. The van der Waals surface area contributed by atoms with Gasteiger partial charge in [0.15, 0.2) is 0 Å². The van der Waals surface area contributed by atoms with Gasteiger partial charge in [-0.15, -0.1) is 0 Å². The Morgan fingerprint density at radius 1 is 0.385 bits per heavy atom. The summed E-state index contributed by atoms with van der Waals surface area (Å²) in [4.78, 5) is 0. The van der Waals surface area contributed by atoms with Crippen LogP contribution in [0.25, 0.3) is 0 Å². The molecule has 6 N–H and O–H groups in total. The van der Waals surface area contributed by atoms with Gasteiger partial charge in [0, 0.05) is 17.1 Å². The summed E-state index contributed by atoms with van der Waals surface area (Å²) in [5, 5.41) is 53.8. The molecule has 0 saturated heterocycles. The maximum atomic E-state index is 8.97. The van der Waals surface area contributed by atoms with Crippen molar-refractivity contribution in [3.63, 3.8) is 0 Å². The number of hydrogen-bond acceptors (Lipinski definition) is 6. The quantitative estimate of drug-likeness (QED) is 0.243. The molecule has 0 aromatic heterocycles. The molecule has 1 rings (SSSR count). The Morgan fingerprint density at radius 3 is 0.538 bits per heavy atom. The van der Waals surface area contributed by atoms with Gasteiger partial charge < -0.3 is 30.6 Å². The van der Waals surface area contributed by atoms with Gasteiger partial charge in [0.2, 0.25) is 0 Å². The van der Waals surface area contributed by atoms with Crippen molar-refractivity contribution in [2.45, 2.75) is 36.6 Å². The van der Waals surface area contributed by atoms with E-state index in [0.29, 0.717) is 0 Å². The molecule has 0 unspecified atom stereocenters. The van der Waals surface area contributed by atoms with Crippen molar-refractivity contribution in [3.8, 4) is 0 Å². The van der Waals surface area contributed by atoms with E-state index < -0.39 is 36.6 Å². The average Bonchev–Trinajstić information content (AvgIpc) is 2.08. The Bertz CT molecular complexity index is 109. The van der Waals surface area contributed by atoms with Gasteiger partial charge in [-0.1, -0.05) is 0 Å². The van der Waals surface area contributed by atoms with Crippen molar-refractivity contribution in [3.05, 3.63) is 0 Å². The van der Waals surface area contributed by atoms with Gasteiger partial charge >= 0.3 is 0 Å². The molecule has 0 spiro atoms. The molecule has 0 heterocycles. The third-order valence-corrected chi connectivity index (χ3v) is 2.10. The minimum Gasteiger partial charge on any atom is -0.387 e. The third-order valence-electron chi connectivity index (χ3n) is 2.10. The van der Waals surface area contributed by atoms with E-state index in [0.717, 1.165) is 0 Å². The molecule has 1 radical (unpaired) electrons. The summed E-state index contributed by atoms with van der Waals surface area (Å²) in [7, 11) is 0. The van der Waals surface area contributed by atoms with Gasteiger partial charge in [-0.2, -0.15) is 0 Å². The second-order valence-corrected chi connectivity index (χ2v) is 2.94. The van der Waals surface area contributed by atoms with E-state index in [9.17, 15) is 0 Å². The second kappa shape index (κ2) is 4.68. The van der Waals surface area contributed by atoms with Gasteiger partial charge in [0.1, 0.15) is 36.6 Å². The fraction of sp³-hybridized carbons (Fsp3) is 1.00. The van der Waals surface area contributed by atoms with E-state index in [1.807, 2.05) is 0 Å². The first-order valence-electron chi connectivity index (χ1n) is 3.55. The monoisotopic (exact) mass is 243 g/mol. The van der Waals surface area contributed by atoms with Crippen LogP contribution < -0.4 is 0 Å². The van der Waals surface area contributed by atoms with Crippen LogP contribution in [0.5, 0.6) is 0 Å². The molecule has 0 amide bonds.